The van der Waals surface area contributed by atoms with E-state index >= 15 is 0 Å². The minimum atomic E-state index is 0.508. The molecule has 0 bridgehead atoms. The van der Waals surface area contributed by atoms with E-state index in [0.717, 1.165) is 16.0 Å². The smallest absolute Gasteiger partial charge is 0.128 e. The fourth-order valence-electron chi connectivity index (χ4n) is 1.52. The summed E-state index contributed by atoms with van der Waals surface area (Å²) in [6.45, 7) is 0.508. The highest BCUT2D eigenvalue weighted by atomic mass is 79.9. The van der Waals surface area contributed by atoms with Crippen molar-refractivity contribution in [1.29, 1.82) is 5.26 Å². The van der Waals surface area contributed by atoms with Gasteiger partial charge in [0.05, 0.1) is 24.0 Å². The molecule has 1 N–H and O–H groups in total. The Morgan fingerprint density at radius 1 is 1.56 bits per heavy atom. The van der Waals surface area contributed by atoms with E-state index in [2.05, 4.69) is 32.3 Å². The third kappa shape index (κ3) is 2.66. The molecule has 92 valence electrons. The second kappa shape index (κ2) is 5.42. The summed E-state index contributed by atoms with van der Waals surface area (Å²) in [7, 11) is 1.85. The fourth-order valence-corrected chi connectivity index (χ4v) is 2.03. The molecule has 1 aromatic heterocycles. The van der Waals surface area contributed by atoms with Gasteiger partial charge in [-0.05, 0) is 18.2 Å². The van der Waals surface area contributed by atoms with Crippen LogP contribution in [0.15, 0.2) is 28.9 Å². The molecule has 0 aliphatic heterocycles. The number of benzene rings is 1. The Labute approximate surface area is 118 Å². The second-order valence-corrected chi connectivity index (χ2v) is 5.01. The predicted octanol–water partition coefficient (Wildman–Crippen LogP) is 3.32. The van der Waals surface area contributed by atoms with Gasteiger partial charge in [-0.3, -0.25) is 0 Å². The van der Waals surface area contributed by atoms with Crippen LogP contribution in [0, 0.1) is 11.3 Å². The molecule has 0 atom stereocenters. The van der Waals surface area contributed by atoms with E-state index in [9.17, 15) is 0 Å². The molecular weight excluding hydrogens is 316 g/mol. The molecule has 0 aliphatic carbocycles. The molecule has 0 radical (unpaired) electrons. The lowest BCUT2D eigenvalue weighted by atomic mass is 10.2. The van der Waals surface area contributed by atoms with Crippen LogP contribution in [0.25, 0.3) is 0 Å². The first-order valence-corrected chi connectivity index (χ1v) is 6.38. The maximum absolute atomic E-state index is 9.02. The van der Waals surface area contributed by atoms with Crippen LogP contribution >= 0.6 is 27.5 Å². The topological polar surface area (TPSA) is 53.6 Å². The summed E-state index contributed by atoms with van der Waals surface area (Å²) in [5.41, 5.74) is 1.37. The number of aromatic nitrogens is 2. The molecule has 0 saturated carbocycles. The Hall–Kier alpha value is -1.51. The molecule has 0 saturated heterocycles. The zero-order valence-electron chi connectivity index (χ0n) is 9.61. The summed E-state index contributed by atoms with van der Waals surface area (Å²) in [6, 6.07) is 7.60. The van der Waals surface area contributed by atoms with Crippen LogP contribution in [0.5, 0.6) is 0 Å². The van der Waals surface area contributed by atoms with E-state index in [-0.39, 0.29) is 0 Å². The lowest BCUT2D eigenvalue weighted by Crippen LogP contribution is -2.07. The van der Waals surface area contributed by atoms with Gasteiger partial charge >= 0.3 is 0 Å². The summed E-state index contributed by atoms with van der Waals surface area (Å²) < 4.78 is 2.71. The number of imidazole rings is 1. The van der Waals surface area contributed by atoms with Crippen molar-refractivity contribution < 1.29 is 0 Å². The molecule has 2 aromatic rings. The zero-order valence-corrected chi connectivity index (χ0v) is 12.0. The minimum absolute atomic E-state index is 0.508. The third-order valence-corrected chi connectivity index (χ3v) is 3.41. The zero-order chi connectivity index (χ0) is 13.1. The monoisotopic (exact) mass is 324 g/mol. The predicted molar refractivity (Wildman–Crippen MR) is 74.4 cm³/mol. The molecular formula is C12H10BrClN4. The number of anilines is 1. The van der Waals surface area contributed by atoms with Gasteiger partial charge in [0.25, 0.3) is 0 Å². The van der Waals surface area contributed by atoms with Gasteiger partial charge in [-0.25, -0.2) is 4.98 Å². The van der Waals surface area contributed by atoms with E-state index in [1.807, 2.05) is 19.2 Å². The Kier molecular flexibility index (Phi) is 3.90. The van der Waals surface area contributed by atoms with Gasteiger partial charge in [0.15, 0.2) is 0 Å². The molecule has 2 rings (SSSR count). The van der Waals surface area contributed by atoms with Crippen LogP contribution in [-0.4, -0.2) is 9.55 Å². The van der Waals surface area contributed by atoms with E-state index in [1.165, 1.54) is 0 Å². The third-order valence-electron chi connectivity index (χ3n) is 2.57. The Balaban J connectivity index is 2.18. The highest BCUT2D eigenvalue weighted by Gasteiger charge is 2.06. The van der Waals surface area contributed by atoms with Gasteiger partial charge in [-0.2, -0.15) is 5.26 Å². The molecule has 0 unspecified atom stereocenters. The number of nitrogens with one attached hydrogen (secondary N) is 1. The molecule has 1 aromatic carbocycles. The van der Waals surface area contributed by atoms with Crippen LogP contribution in [0.4, 0.5) is 5.69 Å². The first-order chi connectivity index (χ1) is 8.61. The normalized spacial score (nSPS) is 10.1. The van der Waals surface area contributed by atoms with Gasteiger partial charge in [0, 0.05) is 11.5 Å². The van der Waals surface area contributed by atoms with Gasteiger partial charge in [-0.1, -0.05) is 27.5 Å². The highest BCUT2D eigenvalue weighted by molar-refractivity contribution is 9.10. The van der Waals surface area contributed by atoms with Crippen molar-refractivity contribution in [3.05, 3.63) is 45.4 Å². The van der Waals surface area contributed by atoms with E-state index < -0.39 is 0 Å². The first kappa shape index (κ1) is 12.9. The largest absolute Gasteiger partial charge is 0.377 e. The molecule has 0 fully saturated rings. The van der Waals surface area contributed by atoms with Gasteiger partial charge in [-0.15, -0.1) is 0 Å². The lowest BCUT2D eigenvalue weighted by molar-refractivity contribution is 0.813. The van der Waals surface area contributed by atoms with E-state index in [0.29, 0.717) is 17.3 Å². The average molecular weight is 326 g/mol. The number of hydrogen-bond acceptors (Lipinski definition) is 3. The fraction of sp³-hybridized carbons (Fsp3) is 0.167. The summed E-state index contributed by atoms with van der Waals surface area (Å²) in [5, 5.41) is 12.8. The van der Waals surface area contributed by atoms with E-state index in [1.54, 1.807) is 16.8 Å². The minimum Gasteiger partial charge on any atom is -0.377 e. The number of nitrogens with zero attached hydrogens (tertiary/aromatic N) is 3. The number of rotatable bonds is 3. The Morgan fingerprint density at radius 3 is 2.94 bits per heavy atom. The van der Waals surface area contributed by atoms with Crippen molar-refractivity contribution in [3.8, 4) is 6.07 Å². The van der Waals surface area contributed by atoms with Crippen LogP contribution < -0.4 is 5.32 Å². The van der Waals surface area contributed by atoms with Crippen molar-refractivity contribution in [3.63, 3.8) is 0 Å². The molecule has 6 heteroatoms. The van der Waals surface area contributed by atoms with Crippen LogP contribution in [0.3, 0.4) is 0 Å². The lowest BCUT2D eigenvalue weighted by Gasteiger charge is -2.08. The van der Waals surface area contributed by atoms with Crippen molar-refractivity contribution in [2.24, 2.45) is 7.05 Å². The summed E-state index contributed by atoms with van der Waals surface area (Å²) in [4.78, 5) is 4.18. The van der Waals surface area contributed by atoms with Crippen LogP contribution in [0.2, 0.25) is 5.15 Å². The van der Waals surface area contributed by atoms with Crippen LogP contribution in [0.1, 0.15) is 11.4 Å². The molecule has 0 amide bonds. The molecule has 0 aliphatic rings. The number of hydrogen-bond donors (Lipinski definition) is 1. The maximum Gasteiger partial charge on any atom is 0.128 e. The second-order valence-electron chi connectivity index (χ2n) is 3.71. The van der Waals surface area contributed by atoms with E-state index in [4.69, 9.17) is 16.9 Å². The summed E-state index contributed by atoms with van der Waals surface area (Å²) in [5.74, 6) is 0.809. The van der Waals surface area contributed by atoms with Gasteiger partial charge in [0.1, 0.15) is 17.0 Å². The maximum atomic E-state index is 9.02. The summed E-state index contributed by atoms with van der Waals surface area (Å²) in [6.07, 6.45) is 1.60. The first-order valence-electron chi connectivity index (χ1n) is 5.21. The highest BCUT2D eigenvalue weighted by Crippen LogP contribution is 2.21. The number of nitriles is 1. The van der Waals surface area contributed by atoms with Crippen molar-refractivity contribution in [2.75, 3.05) is 5.32 Å². The quantitative estimate of drug-likeness (QED) is 0.942. The molecule has 0 spiro atoms. The number of halogens is 2. The average Bonchev–Trinajstić information content (AvgIpc) is 2.68. The van der Waals surface area contributed by atoms with Gasteiger partial charge < -0.3 is 9.88 Å². The molecule has 1 heterocycles. The van der Waals surface area contributed by atoms with Gasteiger partial charge in [0.2, 0.25) is 0 Å². The van der Waals surface area contributed by atoms with Crippen LogP contribution in [-0.2, 0) is 13.6 Å². The Bertz CT molecular complexity index is 615. The SMILES string of the molecule is Cn1c(Cl)cnc1CNc1cc(Br)ccc1C#N. The van der Waals surface area contributed by atoms with Crippen molar-refractivity contribution in [1.82, 2.24) is 9.55 Å². The summed E-state index contributed by atoms with van der Waals surface area (Å²) >= 11 is 9.29. The molecule has 4 nitrogen and oxygen atoms in total. The molecule has 18 heavy (non-hydrogen) atoms. The Morgan fingerprint density at radius 2 is 2.33 bits per heavy atom. The van der Waals surface area contributed by atoms with Crippen molar-refractivity contribution in [2.45, 2.75) is 6.54 Å². The standard InChI is InChI=1S/C12H10BrClN4/c1-18-11(14)6-17-12(18)7-16-10-4-9(13)3-2-8(10)5-15/h2-4,6,16H,7H2,1H3. The van der Waals surface area contributed by atoms with Crippen molar-refractivity contribution >= 4 is 33.2 Å².